The van der Waals surface area contributed by atoms with E-state index in [4.69, 9.17) is 5.11 Å². The minimum absolute atomic E-state index is 0.279. The minimum atomic E-state index is -0.630. The van der Waals surface area contributed by atoms with Gasteiger partial charge in [0.15, 0.2) is 0 Å². The van der Waals surface area contributed by atoms with E-state index >= 15 is 0 Å². The maximum absolute atomic E-state index is 11.4. The predicted molar refractivity (Wildman–Crippen MR) is 71.6 cm³/mol. The van der Waals surface area contributed by atoms with E-state index < -0.39 is 11.4 Å². The molecule has 1 unspecified atom stereocenters. The molecule has 106 valence electrons. The molecule has 1 saturated heterocycles. The zero-order chi connectivity index (χ0) is 13.4. The lowest BCUT2D eigenvalue weighted by Crippen LogP contribution is -2.47. The summed E-state index contributed by atoms with van der Waals surface area (Å²) in [6, 6.07) is 0. The van der Waals surface area contributed by atoms with Gasteiger partial charge in [-0.15, -0.1) is 0 Å². The molecule has 1 rings (SSSR count). The quantitative estimate of drug-likeness (QED) is 0.654. The second-order valence-electron chi connectivity index (χ2n) is 5.46. The lowest BCUT2D eigenvalue weighted by molar-refractivity contribution is -0.152. The molecule has 1 aliphatic heterocycles. The molecule has 0 aromatic heterocycles. The Kier molecular flexibility index (Phi) is 6.65. The lowest BCUT2D eigenvalue weighted by atomic mass is 9.77. The van der Waals surface area contributed by atoms with Gasteiger partial charge in [-0.05, 0) is 45.2 Å². The molecule has 1 atom stereocenters. The van der Waals surface area contributed by atoms with Crippen molar-refractivity contribution >= 4 is 5.97 Å². The first-order valence-electron chi connectivity index (χ1n) is 7.21. The Morgan fingerprint density at radius 1 is 1.28 bits per heavy atom. The van der Waals surface area contributed by atoms with Gasteiger partial charge in [-0.25, -0.2) is 0 Å². The van der Waals surface area contributed by atoms with Crippen molar-refractivity contribution in [2.45, 2.75) is 51.9 Å². The molecule has 0 saturated carbocycles. The largest absolute Gasteiger partial charge is 0.481 e. The summed E-state index contributed by atoms with van der Waals surface area (Å²) in [6.07, 6.45) is 6.73. The fourth-order valence-electron chi connectivity index (χ4n) is 2.83. The predicted octanol–water partition coefficient (Wildman–Crippen LogP) is 2.12. The molecule has 4 nitrogen and oxygen atoms in total. The van der Waals surface area contributed by atoms with E-state index in [0.717, 1.165) is 58.0 Å². The third-order valence-electron chi connectivity index (χ3n) is 4.17. The fourth-order valence-corrected chi connectivity index (χ4v) is 2.83. The van der Waals surface area contributed by atoms with Gasteiger partial charge in [0.05, 0.1) is 5.41 Å². The van der Waals surface area contributed by atoms with Crippen LogP contribution in [0, 0.1) is 5.41 Å². The highest BCUT2D eigenvalue weighted by Gasteiger charge is 2.40. The first-order valence-corrected chi connectivity index (χ1v) is 7.21. The molecule has 0 amide bonds. The monoisotopic (exact) mass is 257 g/mol. The number of aliphatic hydroxyl groups is 1. The molecule has 0 aliphatic carbocycles. The average Bonchev–Trinajstić information content (AvgIpc) is 2.38. The van der Waals surface area contributed by atoms with Gasteiger partial charge in [-0.3, -0.25) is 4.79 Å². The lowest BCUT2D eigenvalue weighted by Gasteiger charge is -2.39. The highest BCUT2D eigenvalue weighted by molar-refractivity contribution is 5.75. The van der Waals surface area contributed by atoms with Crippen LogP contribution in [0.4, 0.5) is 0 Å². The summed E-state index contributed by atoms with van der Waals surface area (Å²) < 4.78 is 0. The molecular weight excluding hydrogens is 230 g/mol. The summed E-state index contributed by atoms with van der Waals surface area (Å²) in [6.45, 7) is 5.01. The van der Waals surface area contributed by atoms with Crippen molar-refractivity contribution in [3.8, 4) is 0 Å². The first kappa shape index (κ1) is 15.4. The number of hydrogen-bond acceptors (Lipinski definition) is 3. The molecule has 2 N–H and O–H groups in total. The van der Waals surface area contributed by atoms with Crippen LogP contribution in [0.1, 0.15) is 51.9 Å². The molecule has 18 heavy (non-hydrogen) atoms. The summed E-state index contributed by atoms with van der Waals surface area (Å²) in [5.41, 5.74) is -0.511. The Hall–Kier alpha value is -0.610. The van der Waals surface area contributed by atoms with Crippen LogP contribution in [0.25, 0.3) is 0 Å². The van der Waals surface area contributed by atoms with Crippen LogP contribution in [0.5, 0.6) is 0 Å². The summed E-state index contributed by atoms with van der Waals surface area (Å²) in [5, 5.41) is 18.1. The molecule has 1 heterocycles. The second-order valence-corrected chi connectivity index (χ2v) is 5.46. The van der Waals surface area contributed by atoms with E-state index in [2.05, 4.69) is 4.90 Å². The van der Waals surface area contributed by atoms with Gasteiger partial charge in [-0.2, -0.15) is 0 Å². The van der Waals surface area contributed by atoms with E-state index in [-0.39, 0.29) is 6.61 Å². The average molecular weight is 257 g/mol. The minimum Gasteiger partial charge on any atom is -0.481 e. The molecule has 0 aromatic carbocycles. The number of carbonyl (C=O) groups is 1. The number of aliphatic carboxylic acids is 1. The third-order valence-corrected chi connectivity index (χ3v) is 4.17. The van der Waals surface area contributed by atoms with E-state index in [1.807, 2.05) is 6.92 Å². The molecule has 0 spiro atoms. The molecule has 0 bridgehead atoms. The summed E-state index contributed by atoms with van der Waals surface area (Å²) in [7, 11) is 0. The van der Waals surface area contributed by atoms with Crippen molar-refractivity contribution in [2.24, 2.45) is 5.41 Å². The Labute approximate surface area is 110 Å². The number of carboxylic acids is 1. The van der Waals surface area contributed by atoms with Crippen LogP contribution in [0.2, 0.25) is 0 Å². The van der Waals surface area contributed by atoms with Crippen molar-refractivity contribution in [1.29, 1.82) is 0 Å². The van der Waals surface area contributed by atoms with Crippen LogP contribution >= 0.6 is 0 Å². The van der Waals surface area contributed by atoms with Gasteiger partial charge < -0.3 is 15.1 Å². The number of nitrogens with zero attached hydrogens (tertiary/aromatic N) is 1. The summed E-state index contributed by atoms with van der Waals surface area (Å²) >= 11 is 0. The topological polar surface area (TPSA) is 60.8 Å². The van der Waals surface area contributed by atoms with Gasteiger partial charge in [0.2, 0.25) is 0 Å². The number of piperidine rings is 1. The van der Waals surface area contributed by atoms with Crippen molar-refractivity contribution < 1.29 is 15.0 Å². The number of unbranched alkanes of at least 4 members (excludes halogenated alkanes) is 3. The van der Waals surface area contributed by atoms with Gasteiger partial charge in [-0.1, -0.05) is 19.8 Å². The number of likely N-dealkylation sites (tertiary alicyclic amines) is 1. The zero-order valence-electron chi connectivity index (χ0n) is 11.5. The van der Waals surface area contributed by atoms with Gasteiger partial charge in [0, 0.05) is 13.2 Å². The second kappa shape index (κ2) is 7.74. The third kappa shape index (κ3) is 4.25. The smallest absolute Gasteiger partial charge is 0.310 e. The maximum atomic E-state index is 11.4. The van der Waals surface area contributed by atoms with Crippen LogP contribution in [0.15, 0.2) is 0 Å². The Bertz CT molecular complexity index is 257. The standard InChI is InChI=1S/C14H27NO3/c1-2-14(13(17)18)8-7-10-15(12-14)9-5-3-4-6-11-16/h16H,2-12H2,1H3,(H,17,18). The van der Waals surface area contributed by atoms with Crippen LogP contribution in [-0.2, 0) is 4.79 Å². The Morgan fingerprint density at radius 3 is 2.61 bits per heavy atom. The van der Waals surface area contributed by atoms with E-state index in [1.54, 1.807) is 0 Å². The van der Waals surface area contributed by atoms with Crippen LogP contribution in [-0.4, -0.2) is 47.3 Å². The van der Waals surface area contributed by atoms with Crippen molar-refractivity contribution in [2.75, 3.05) is 26.2 Å². The normalized spacial score (nSPS) is 25.2. The van der Waals surface area contributed by atoms with Crippen molar-refractivity contribution in [3.05, 3.63) is 0 Å². The molecule has 1 aliphatic rings. The van der Waals surface area contributed by atoms with Gasteiger partial charge >= 0.3 is 5.97 Å². The Morgan fingerprint density at radius 2 is 2.00 bits per heavy atom. The van der Waals surface area contributed by atoms with Crippen molar-refractivity contribution in [1.82, 2.24) is 4.90 Å². The number of hydrogen-bond donors (Lipinski definition) is 2. The van der Waals surface area contributed by atoms with E-state index in [0.29, 0.717) is 6.54 Å². The summed E-state index contributed by atoms with van der Waals surface area (Å²) in [4.78, 5) is 13.7. The molecular formula is C14H27NO3. The Balaban J connectivity index is 2.32. The van der Waals surface area contributed by atoms with Crippen molar-refractivity contribution in [3.63, 3.8) is 0 Å². The highest BCUT2D eigenvalue weighted by atomic mass is 16.4. The maximum Gasteiger partial charge on any atom is 0.310 e. The van der Waals surface area contributed by atoms with Gasteiger partial charge in [0.25, 0.3) is 0 Å². The molecule has 4 heteroatoms. The molecule has 0 radical (unpaired) electrons. The first-order chi connectivity index (χ1) is 8.64. The van der Waals surface area contributed by atoms with Gasteiger partial charge in [0.1, 0.15) is 0 Å². The zero-order valence-corrected chi connectivity index (χ0v) is 11.5. The highest BCUT2D eigenvalue weighted by Crippen LogP contribution is 2.33. The number of rotatable bonds is 8. The molecule has 1 fully saturated rings. The van der Waals surface area contributed by atoms with Crippen LogP contribution < -0.4 is 0 Å². The van der Waals surface area contributed by atoms with E-state index in [1.165, 1.54) is 0 Å². The van der Waals surface area contributed by atoms with Crippen LogP contribution in [0.3, 0.4) is 0 Å². The molecule has 0 aromatic rings. The SMILES string of the molecule is CCC1(C(=O)O)CCCN(CCCCCCO)C1. The van der Waals surface area contributed by atoms with E-state index in [9.17, 15) is 9.90 Å². The fraction of sp³-hybridized carbons (Fsp3) is 0.929. The summed E-state index contributed by atoms with van der Waals surface area (Å²) in [5.74, 6) is -0.630. The number of carboxylic acid groups (broad SMARTS) is 1. The number of aliphatic hydroxyl groups excluding tert-OH is 1.